The summed E-state index contributed by atoms with van der Waals surface area (Å²) >= 11 is 1.62. The van der Waals surface area contributed by atoms with Crippen LogP contribution in [0.2, 0.25) is 0 Å². The van der Waals surface area contributed by atoms with Crippen LogP contribution in [0.25, 0.3) is 0 Å². The molecule has 16 heavy (non-hydrogen) atoms. The number of hydrogen-bond acceptors (Lipinski definition) is 4. The molecule has 0 spiro atoms. The zero-order chi connectivity index (χ0) is 11.4. The van der Waals surface area contributed by atoms with Crippen molar-refractivity contribution < 1.29 is 0 Å². The van der Waals surface area contributed by atoms with Gasteiger partial charge in [0.05, 0.1) is 0 Å². The first-order valence-corrected chi connectivity index (χ1v) is 7.02. The summed E-state index contributed by atoms with van der Waals surface area (Å²) in [6.07, 6.45) is 7.37. The maximum absolute atomic E-state index is 5.65. The third kappa shape index (κ3) is 3.19. The SMILES string of the molecule is CCCC1CCCN(Cc2cnc(N)s2)C1. The van der Waals surface area contributed by atoms with Gasteiger partial charge in [-0.1, -0.05) is 13.3 Å². The molecule has 4 heteroatoms. The van der Waals surface area contributed by atoms with E-state index in [9.17, 15) is 0 Å². The first-order chi connectivity index (χ1) is 7.78. The summed E-state index contributed by atoms with van der Waals surface area (Å²) in [4.78, 5) is 7.96. The molecular weight excluding hydrogens is 218 g/mol. The van der Waals surface area contributed by atoms with Crippen molar-refractivity contribution in [3.8, 4) is 0 Å². The molecule has 0 aromatic carbocycles. The Balaban J connectivity index is 1.85. The number of anilines is 1. The summed E-state index contributed by atoms with van der Waals surface area (Å²) < 4.78 is 0. The second kappa shape index (κ2) is 5.64. The molecule has 0 aliphatic carbocycles. The minimum atomic E-state index is 0.692. The highest BCUT2D eigenvalue weighted by molar-refractivity contribution is 7.15. The maximum Gasteiger partial charge on any atom is 0.180 e. The molecule has 1 unspecified atom stereocenters. The van der Waals surface area contributed by atoms with Gasteiger partial charge in [-0.25, -0.2) is 4.98 Å². The highest BCUT2D eigenvalue weighted by Gasteiger charge is 2.19. The molecule has 1 aliphatic heterocycles. The van der Waals surface area contributed by atoms with Crippen molar-refractivity contribution >= 4 is 16.5 Å². The van der Waals surface area contributed by atoms with E-state index < -0.39 is 0 Å². The molecule has 1 atom stereocenters. The van der Waals surface area contributed by atoms with E-state index in [0.717, 1.165) is 12.5 Å². The lowest BCUT2D eigenvalue weighted by Crippen LogP contribution is -2.34. The van der Waals surface area contributed by atoms with Gasteiger partial charge in [-0.3, -0.25) is 4.90 Å². The van der Waals surface area contributed by atoms with Crippen LogP contribution in [0.4, 0.5) is 5.13 Å². The molecular formula is C12H21N3S. The van der Waals surface area contributed by atoms with E-state index in [-0.39, 0.29) is 0 Å². The Hall–Kier alpha value is -0.610. The minimum Gasteiger partial charge on any atom is -0.375 e. The van der Waals surface area contributed by atoms with Gasteiger partial charge in [0.15, 0.2) is 5.13 Å². The summed E-state index contributed by atoms with van der Waals surface area (Å²) in [5.74, 6) is 0.906. The van der Waals surface area contributed by atoms with E-state index >= 15 is 0 Å². The van der Waals surface area contributed by atoms with E-state index in [1.165, 1.54) is 43.6 Å². The van der Waals surface area contributed by atoms with Gasteiger partial charge in [-0.15, -0.1) is 11.3 Å². The van der Waals surface area contributed by atoms with E-state index in [0.29, 0.717) is 5.13 Å². The number of likely N-dealkylation sites (tertiary alicyclic amines) is 1. The van der Waals surface area contributed by atoms with Crippen LogP contribution in [-0.2, 0) is 6.54 Å². The summed E-state index contributed by atoms with van der Waals surface area (Å²) in [6.45, 7) is 5.81. The molecule has 0 amide bonds. The van der Waals surface area contributed by atoms with E-state index in [4.69, 9.17) is 5.73 Å². The molecule has 0 saturated carbocycles. The van der Waals surface area contributed by atoms with Gasteiger partial charge in [0.25, 0.3) is 0 Å². The Morgan fingerprint density at radius 2 is 2.50 bits per heavy atom. The van der Waals surface area contributed by atoms with Crippen LogP contribution in [0.5, 0.6) is 0 Å². The smallest absolute Gasteiger partial charge is 0.180 e. The van der Waals surface area contributed by atoms with E-state index in [2.05, 4.69) is 16.8 Å². The predicted molar refractivity (Wildman–Crippen MR) is 69.4 cm³/mol. The van der Waals surface area contributed by atoms with Gasteiger partial charge in [0, 0.05) is 24.2 Å². The number of aromatic nitrogens is 1. The molecule has 1 aliphatic rings. The third-order valence-electron chi connectivity index (χ3n) is 3.25. The molecule has 90 valence electrons. The molecule has 0 radical (unpaired) electrons. The van der Waals surface area contributed by atoms with Crippen LogP contribution in [-0.4, -0.2) is 23.0 Å². The molecule has 3 nitrogen and oxygen atoms in total. The van der Waals surface area contributed by atoms with Crippen LogP contribution >= 0.6 is 11.3 Å². The second-order valence-corrected chi connectivity index (χ2v) is 5.84. The summed E-state index contributed by atoms with van der Waals surface area (Å²) in [5, 5.41) is 0.692. The molecule has 2 heterocycles. The second-order valence-electron chi connectivity index (χ2n) is 4.70. The topological polar surface area (TPSA) is 42.2 Å². The van der Waals surface area contributed by atoms with Gasteiger partial charge in [0.1, 0.15) is 0 Å². The average Bonchev–Trinajstić information content (AvgIpc) is 2.65. The molecule has 0 bridgehead atoms. The first-order valence-electron chi connectivity index (χ1n) is 6.20. The van der Waals surface area contributed by atoms with Crippen LogP contribution in [0.15, 0.2) is 6.20 Å². The minimum absolute atomic E-state index is 0.692. The largest absolute Gasteiger partial charge is 0.375 e. The number of nitrogens with zero attached hydrogens (tertiary/aromatic N) is 2. The van der Waals surface area contributed by atoms with Gasteiger partial charge in [-0.2, -0.15) is 0 Å². The van der Waals surface area contributed by atoms with Crippen LogP contribution in [0.1, 0.15) is 37.5 Å². The van der Waals surface area contributed by atoms with E-state index in [1.807, 2.05) is 6.20 Å². The Labute approximate surface area is 102 Å². The highest BCUT2D eigenvalue weighted by atomic mass is 32.1. The van der Waals surface area contributed by atoms with E-state index in [1.54, 1.807) is 11.3 Å². The number of piperidine rings is 1. The van der Waals surface area contributed by atoms with Gasteiger partial charge in [-0.05, 0) is 31.7 Å². The fourth-order valence-electron chi connectivity index (χ4n) is 2.55. The molecule has 1 fully saturated rings. The zero-order valence-corrected chi connectivity index (χ0v) is 10.8. The third-order valence-corrected chi connectivity index (χ3v) is 4.06. The fourth-order valence-corrected chi connectivity index (χ4v) is 3.28. The van der Waals surface area contributed by atoms with Crippen molar-refractivity contribution in [2.75, 3.05) is 18.8 Å². The monoisotopic (exact) mass is 239 g/mol. The number of nitrogen functional groups attached to an aromatic ring is 1. The number of hydrogen-bond donors (Lipinski definition) is 1. The van der Waals surface area contributed by atoms with Crippen LogP contribution in [0, 0.1) is 5.92 Å². The molecule has 2 rings (SSSR count). The Kier molecular flexibility index (Phi) is 4.18. The lowest BCUT2D eigenvalue weighted by Gasteiger charge is -2.32. The van der Waals surface area contributed by atoms with Gasteiger partial charge < -0.3 is 5.73 Å². The Bertz CT molecular complexity index is 322. The number of thiazole rings is 1. The summed E-state index contributed by atoms with van der Waals surface area (Å²) in [6, 6.07) is 0. The normalized spacial score (nSPS) is 22.4. The molecule has 1 aromatic rings. The Morgan fingerprint density at radius 1 is 1.62 bits per heavy atom. The van der Waals surface area contributed by atoms with Crippen molar-refractivity contribution in [1.29, 1.82) is 0 Å². The van der Waals surface area contributed by atoms with Crippen molar-refractivity contribution in [1.82, 2.24) is 9.88 Å². The standard InChI is InChI=1S/C12H21N3S/c1-2-4-10-5-3-6-15(8-10)9-11-7-14-12(13)16-11/h7,10H,2-6,8-9H2,1H3,(H2,13,14). The van der Waals surface area contributed by atoms with Crippen molar-refractivity contribution in [3.63, 3.8) is 0 Å². The van der Waals surface area contributed by atoms with Crippen molar-refractivity contribution in [2.45, 2.75) is 39.2 Å². The fraction of sp³-hybridized carbons (Fsp3) is 0.750. The number of nitrogens with two attached hydrogens (primary N) is 1. The highest BCUT2D eigenvalue weighted by Crippen LogP contribution is 2.24. The Morgan fingerprint density at radius 3 is 3.19 bits per heavy atom. The predicted octanol–water partition coefficient (Wildman–Crippen LogP) is 2.74. The molecule has 1 saturated heterocycles. The molecule has 2 N–H and O–H groups in total. The summed E-state index contributed by atoms with van der Waals surface area (Å²) in [5.41, 5.74) is 5.65. The van der Waals surface area contributed by atoms with Gasteiger partial charge in [0.2, 0.25) is 0 Å². The first kappa shape index (κ1) is 11.9. The van der Waals surface area contributed by atoms with Crippen LogP contribution in [0.3, 0.4) is 0 Å². The van der Waals surface area contributed by atoms with Crippen LogP contribution < -0.4 is 5.73 Å². The number of rotatable bonds is 4. The molecule has 1 aromatic heterocycles. The zero-order valence-electron chi connectivity index (χ0n) is 9.98. The van der Waals surface area contributed by atoms with Crippen molar-refractivity contribution in [2.24, 2.45) is 5.92 Å². The average molecular weight is 239 g/mol. The quantitative estimate of drug-likeness (QED) is 0.878. The van der Waals surface area contributed by atoms with Gasteiger partial charge >= 0.3 is 0 Å². The lowest BCUT2D eigenvalue weighted by atomic mass is 9.94. The maximum atomic E-state index is 5.65. The van der Waals surface area contributed by atoms with Crippen molar-refractivity contribution in [3.05, 3.63) is 11.1 Å². The summed E-state index contributed by atoms with van der Waals surface area (Å²) in [7, 11) is 0. The lowest BCUT2D eigenvalue weighted by molar-refractivity contribution is 0.162.